The molecule has 0 radical (unpaired) electrons. The highest BCUT2D eigenvalue weighted by atomic mass is 19.1. The molecular formula is C14H13FO. The quantitative estimate of drug-likeness (QED) is 0.817. The number of benzene rings is 2. The van der Waals surface area contributed by atoms with Crippen molar-refractivity contribution in [3.05, 3.63) is 71.5 Å². The van der Waals surface area contributed by atoms with Crippen LogP contribution in [-0.4, -0.2) is 5.11 Å². The van der Waals surface area contributed by atoms with Crippen LogP contribution >= 0.6 is 0 Å². The molecule has 0 heterocycles. The summed E-state index contributed by atoms with van der Waals surface area (Å²) in [7, 11) is 0. The van der Waals surface area contributed by atoms with Crippen LogP contribution in [0.25, 0.3) is 0 Å². The maximum absolute atomic E-state index is 12.8. The molecule has 0 aliphatic carbocycles. The Labute approximate surface area is 94.2 Å². The molecule has 0 aliphatic rings. The third-order valence-corrected chi connectivity index (χ3v) is 2.74. The lowest BCUT2D eigenvalue weighted by atomic mass is 9.88. The average molecular weight is 216 g/mol. The van der Waals surface area contributed by atoms with Crippen LogP contribution in [0.15, 0.2) is 54.6 Å². The molecule has 2 aromatic rings. The maximum Gasteiger partial charge on any atom is 0.123 e. The Balaban J connectivity index is 2.43. The number of rotatable bonds is 2. The summed E-state index contributed by atoms with van der Waals surface area (Å²) in [5.41, 5.74) is 0.385. The fourth-order valence-electron chi connectivity index (χ4n) is 1.70. The first-order valence-corrected chi connectivity index (χ1v) is 5.14. The van der Waals surface area contributed by atoms with Gasteiger partial charge in [-0.2, -0.15) is 0 Å². The molecule has 0 unspecified atom stereocenters. The molecule has 0 amide bonds. The molecular weight excluding hydrogens is 203 g/mol. The fraction of sp³-hybridized carbons (Fsp3) is 0.143. The van der Waals surface area contributed by atoms with E-state index in [0.717, 1.165) is 5.56 Å². The van der Waals surface area contributed by atoms with E-state index in [-0.39, 0.29) is 5.82 Å². The van der Waals surface area contributed by atoms with E-state index < -0.39 is 5.60 Å². The van der Waals surface area contributed by atoms with Gasteiger partial charge in [0.25, 0.3) is 0 Å². The van der Waals surface area contributed by atoms with E-state index in [4.69, 9.17) is 0 Å². The fourth-order valence-corrected chi connectivity index (χ4v) is 1.70. The monoisotopic (exact) mass is 216 g/mol. The summed E-state index contributed by atoms with van der Waals surface area (Å²) in [4.78, 5) is 0. The van der Waals surface area contributed by atoms with Crippen molar-refractivity contribution in [1.29, 1.82) is 0 Å². The lowest BCUT2D eigenvalue weighted by molar-refractivity contribution is 0.102. The number of aliphatic hydroxyl groups is 1. The summed E-state index contributed by atoms with van der Waals surface area (Å²) in [6.07, 6.45) is 0. The highest BCUT2D eigenvalue weighted by molar-refractivity contribution is 5.34. The van der Waals surface area contributed by atoms with Gasteiger partial charge in [0, 0.05) is 0 Å². The minimum absolute atomic E-state index is 0.299. The topological polar surface area (TPSA) is 20.2 Å². The first-order chi connectivity index (χ1) is 7.60. The second kappa shape index (κ2) is 4.06. The molecule has 0 aliphatic heterocycles. The molecule has 1 N–H and O–H groups in total. The van der Waals surface area contributed by atoms with Gasteiger partial charge in [0.2, 0.25) is 0 Å². The van der Waals surface area contributed by atoms with Crippen LogP contribution in [0, 0.1) is 5.82 Å². The third-order valence-electron chi connectivity index (χ3n) is 2.74. The molecule has 0 aromatic heterocycles. The van der Waals surface area contributed by atoms with Crippen molar-refractivity contribution in [2.75, 3.05) is 0 Å². The van der Waals surface area contributed by atoms with Gasteiger partial charge < -0.3 is 5.11 Å². The van der Waals surface area contributed by atoms with Crippen LogP contribution in [0.4, 0.5) is 4.39 Å². The van der Waals surface area contributed by atoms with Crippen LogP contribution in [-0.2, 0) is 5.60 Å². The van der Waals surface area contributed by atoms with E-state index in [1.165, 1.54) is 12.1 Å². The number of halogens is 1. The van der Waals surface area contributed by atoms with Gasteiger partial charge in [-0.15, -0.1) is 0 Å². The summed E-state index contributed by atoms with van der Waals surface area (Å²) < 4.78 is 12.8. The predicted octanol–water partition coefficient (Wildman–Crippen LogP) is 3.08. The van der Waals surface area contributed by atoms with Crippen molar-refractivity contribution in [2.45, 2.75) is 12.5 Å². The Morgan fingerprint density at radius 1 is 0.875 bits per heavy atom. The highest BCUT2D eigenvalue weighted by Gasteiger charge is 2.24. The Morgan fingerprint density at radius 3 is 1.94 bits per heavy atom. The Kier molecular flexibility index (Phi) is 2.75. The normalized spacial score (nSPS) is 14.4. The summed E-state index contributed by atoms with van der Waals surface area (Å²) in [5, 5.41) is 10.4. The van der Waals surface area contributed by atoms with Crippen molar-refractivity contribution in [1.82, 2.24) is 0 Å². The largest absolute Gasteiger partial charge is 0.381 e. The van der Waals surface area contributed by atoms with E-state index in [1.54, 1.807) is 19.1 Å². The zero-order chi connectivity index (χ0) is 11.6. The second-order valence-electron chi connectivity index (χ2n) is 3.95. The summed E-state index contributed by atoms with van der Waals surface area (Å²) in [6.45, 7) is 1.70. The average Bonchev–Trinajstić information content (AvgIpc) is 2.31. The molecule has 1 nitrogen and oxygen atoms in total. The molecule has 0 fully saturated rings. The van der Waals surface area contributed by atoms with E-state index >= 15 is 0 Å². The van der Waals surface area contributed by atoms with Gasteiger partial charge >= 0.3 is 0 Å². The van der Waals surface area contributed by atoms with Crippen molar-refractivity contribution >= 4 is 0 Å². The molecule has 82 valence electrons. The second-order valence-corrected chi connectivity index (χ2v) is 3.95. The molecule has 0 spiro atoms. The van der Waals surface area contributed by atoms with E-state index in [2.05, 4.69) is 0 Å². The van der Waals surface area contributed by atoms with Crippen LogP contribution < -0.4 is 0 Å². The molecule has 2 rings (SSSR count). The molecule has 0 bridgehead atoms. The summed E-state index contributed by atoms with van der Waals surface area (Å²) in [6, 6.07) is 15.2. The molecule has 0 saturated heterocycles. The van der Waals surface area contributed by atoms with E-state index in [9.17, 15) is 9.50 Å². The lowest BCUT2D eigenvalue weighted by Crippen LogP contribution is -2.22. The SMILES string of the molecule is C[C@@](O)(c1ccccc1)c1ccc(F)cc1. The Bertz CT molecular complexity index is 460. The molecule has 2 aromatic carbocycles. The van der Waals surface area contributed by atoms with Crippen LogP contribution in [0.5, 0.6) is 0 Å². The van der Waals surface area contributed by atoms with E-state index in [1.807, 2.05) is 30.3 Å². The minimum Gasteiger partial charge on any atom is -0.381 e. The summed E-state index contributed by atoms with van der Waals surface area (Å²) in [5.74, 6) is -0.299. The van der Waals surface area contributed by atoms with Gasteiger partial charge in [0.15, 0.2) is 0 Å². The lowest BCUT2D eigenvalue weighted by Gasteiger charge is -2.24. The molecule has 0 saturated carbocycles. The Morgan fingerprint density at radius 2 is 1.38 bits per heavy atom. The summed E-state index contributed by atoms with van der Waals surface area (Å²) >= 11 is 0. The van der Waals surface area contributed by atoms with Gasteiger partial charge in [0.1, 0.15) is 11.4 Å². The first-order valence-electron chi connectivity index (χ1n) is 5.14. The molecule has 16 heavy (non-hydrogen) atoms. The van der Waals surface area contributed by atoms with Gasteiger partial charge in [-0.1, -0.05) is 42.5 Å². The van der Waals surface area contributed by atoms with E-state index in [0.29, 0.717) is 5.56 Å². The van der Waals surface area contributed by atoms with Crippen molar-refractivity contribution < 1.29 is 9.50 Å². The van der Waals surface area contributed by atoms with Gasteiger partial charge in [-0.3, -0.25) is 0 Å². The zero-order valence-corrected chi connectivity index (χ0v) is 9.02. The zero-order valence-electron chi connectivity index (χ0n) is 9.02. The number of hydrogen-bond donors (Lipinski definition) is 1. The van der Waals surface area contributed by atoms with Gasteiger partial charge in [-0.25, -0.2) is 4.39 Å². The van der Waals surface area contributed by atoms with Crippen LogP contribution in [0.3, 0.4) is 0 Å². The first kappa shape index (κ1) is 10.8. The van der Waals surface area contributed by atoms with Crippen LogP contribution in [0.2, 0.25) is 0 Å². The molecule has 1 atom stereocenters. The smallest absolute Gasteiger partial charge is 0.123 e. The third kappa shape index (κ3) is 1.97. The predicted molar refractivity (Wildman–Crippen MR) is 61.5 cm³/mol. The number of hydrogen-bond acceptors (Lipinski definition) is 1. The van der Waals surface area contributed by atoms with Crippen molar-refractivity contribution in [3.63, 3.8) is 0 Å². The standard InChI is InChI=1S/C14H13FO/c1-14(16,11-5-3-2-4-6-11)12-7-9-13(15)10-8-12/h2-10,16H,1H3/t14-/m1/s1. The Hall–Kier alpha value is -1.67. The minimum atomic E-state index is -1.09. The van der Waals surface area contributed by atoms with Gasteiger partial charge in [0.05, 0.1) is 0 Å². The van der Waals surface area contributed by atoms with Crippen molar-refractivity contribution in [3.8, 4) is 0 Å². The van der Waals surface area contributed by atoms with Crippen LogP contribution in [0.1, 0.15) is 18.1 Å². The van der Waals surface area contributed by atoms with Crippen molar-refractivity contribution in [2.24, 2.45) is 0 Å². The maximum atomic E-state index is 12.8. The van der Waals surface area contributed by atoms with Gasteiger partial charge in [-0.05, 0) is 30.2 Å². The highest BCUT2D eigenvalue weighted by Crippen LogP contribution is 2.28. The molecule has 2 heteroatoms.